The summed E-state index contributed by atoms with van der Waals surface area (Å²) < 4.78 is 25.3. The van der Waals surface area contributed by atoms with Crippen LogP contribution in [0.4, 0.5) is 0 Å². The van der Waals surface area contributed by atoms with Crippen molar-refractivity contribution in [3.05, 3.63) is 5.82 Å². The highest BCUT2D eigenvalue weighted by Crippen LogP contribution is 2.24. The molecule has 29 heavy (non-hydrogen) atoms. The molecule has 1 aromatic rings. The maximum Gasteiger partial charge on any atom is 0.230 e. The molecule has 0 aliphatic carbocycles. The molecular weight excluding hydrogens is 414 g/mol. The van der Waals surface area contributed by atoms with Crippen LogP contribution in [0.3, 0.4) is 0 Å². The Kier molecular flexibility index (Phi) is 6.87. The summed E-state index contributed by atoms with van der Waals surface area (Å²) in [4.78, 5) is 26.4. The molecule has 0 saturated carbocycles. The Morgan fingerprint density at radius 3 is 2.76 bits per heavy atom. The van der Waals surface area contributed by atoms with E-state index in [9.17, 15) is 18.0 Å². The maximum absolute atomic E-state index is 12.4. The molecule has 1 N–H and O–H groups in total. The van der Waals surface area contributed by atoms with Crippen molar-refractivity contribution in [3.63, 3.8) is 0 Å². The van der Waals surface area contributed by atoms with Crippen molar-refractivity contribution in [2.24, 2.45) is 0 Å². The van der Waals surface area contributed by atoms with Crippen LogP contribution in [0.1, 0.15) is 51.8 Å². The third-order valence-electron chi connectivity index (χ3n) is 5.39. The molecule has 0 unspecified atom stereocenters. The number of thioether (sulfide) groups is 1. The van der Waals surface area contributed by atoms with E-state index in [1.165, 1.54) is 11.8 Å². The molecule has 2 amide bonds. The number of amides is 2. The number of aromatic nitrogens is 3. The fourth-order valence-corrected chi connectivity index (χ4v) is 6.76. The molecule has 2 aliphatic heterocycles. The van der Waals surface area contributed by atoms with Crippen molar-refractivity contribution < 1.29 is 18.0 Å². The first-order chi connectivity index (χ1) is 13.7. The highest BCUT2D eigenvalue weighted by Gasteiger charge is 2.39. The highest BCUT2D eigenvalue weighted by molar-refractivity contribution is 7.99. The second-order valence-corrected chi connectivity index (χ2v) is 11.1. The van der Waals surface area contributed by atoms with Crippen molar-refractivity contribution in [2.45, 2.75) is 69.7 Å². The fourth-order valence-electron chi connectivity index (χ4n) is 3.85. The van der Waals surface area contributed by atoms with Crippen LogP contribution in [0, 0.1) is 0 Å². The van der Waals surface area contributed by atoms with Crippen LogP contribution in [0.5, 0.6) is 0 Å². The minimum Gasteiger partial charge on any atom is -0.349 e. The molecule has 3 rings (SSSR count). The number of nitrogens with zero attached hydrogens (tertiary/aromatic N) is 4. The molecule has 0 spiro atoms. The smallest absolute Gasteiger partial charge is 0.230 e. The Morgan fingerprint density at radius 2 is 2.07 bits per heavy atom. The molecule has 11 heteroatoms. The maximum atomic E-state index is 12.4. The fraction of sp³-hybridized carbons (Fsp3) is 0.778. The molecular formula is C18H29N5O4S2. The lowest BCUT2D eigenvalue weighted by atomic mass is 10.0. The summed E-state index contributed by atoms with van der Waals surface area (Å²) in [5, 5.41) is 11.9. The van der Waals surface area contributed by atoms with Crippen LogP contribution >= 0.6 is 11.8 Å². The molecule has 2 fully saturated rings. The van der Waals surface area contributed by atoms with E-state index in [-0.39, 0.29) is 29.1 Å². The lowest BCUT2D eigenvalue weighted by Gasteiger charge is -2.23. The number of nitrogens with one attached hydrogen (secondary N) is 1. The van der Waals surface area contributed by atoms with Gasteiger partial charge >= 0.3 is 0 Å². The molecule has 3 heterocycles. The minimum absolute atomic E-state index is 0.0183. The van der Waals surface area contributed by atoms with Crippen LogP contribution in [0.25, 0.3) is 0 Å². The van der Waals surface area contributed by atoms with E-state index in [0.717, 1.165) is 31.6 Å². The number of sulfone groups is 1. The van der Waals surface area contributed by atoms with Crippen molar-refractivity contribution in [3.8, 4) is 0 Å². The van der Waals surface area contributed by atoms with Gasteiger partial charge in [-0.05, 0) is 33.1 Å². The van der Waals surface area contributed by atoms with Gasteiger partial charge in [-0.25, -0.2) is 8.42 Å². The van der Waals surface area contributed by atoms with Crippen molar-refractivity contribution in [1.29, 1.82) is 0 Å². The topological polar surface area (TPSA) is 114 Å². The zero-order valence-corrected chi connectivity index (χ0v) is 18.6. The van der Waals surface area contributed by atoms with Gasteiger partial charge in [-0.2, -0.15) is 0 Å². The van der Waals surface area contributed by atoms with Crippen LogP contribution in [0.2, 0.25) is 0 Å². The quantitative estimate of drug-likeness (QED) is 0.625. The second-order valence-electron chi connectivity index (χ2n) is 8.01. The molecule has 1 atom stereocenters. The van der Waals surface area contributed by atoms with E-state index >= 15 is 0 Å². The summed E-state index contributed by atoms with van der Waals surface area (Å²) in [6, 6.07) is 0. The summed E-state index contributed by atoms with van der Waals surface area (Å²) >= 11 is 1.27. The summed E-state index contributed by atoms with van der Waals surface area (Å²) in [6.45, 7) is 5.56. The summed E-state index contributed by atoms with van der Waals surface area (Å²) in [5.41, 5.74) is -0.701. The van der Waals surface area contributed by atoms with Gasteiger partial charge in [0.25, 0.3) is 0 Å². The first kappa shape index (κ1) is 22.1. The number of carbonyl (C=O) groups is 2. The van der Waals surface area contributed by atoms with Gasteiger partial charge in [-0.1, -0.05) is 18.2 Å². The van der Waals surface area contributed by atoms with E-state index in [0.29, 0.717) is 31.1 Å². The second kappa shape index (κ2) is 9.03. The van der Waals surface area contributed by atoms with Crippen molar-refractivity contribution in [1.82, 2.24) is 25.0 Å². The van der Waals surface area contributed by atoms with Crippen LogP contribution in [-0.4, -0.2) is 69.2 Å². The third-order valence-corrected chi connectivity index (χ3v) is 8.26. The van der Waals surface area contributed by atoms with Gasteiger partial charge in [-0.3, -0.25) is 9.59 Å². The summed E-state index contributed by atoms with van der Waals surface area (Å²) in [5.74, 6) is 0.886. The van der Waals surface area contributed by atoms with E-state index in [2.05, 4.69) is 15.5 Å². The summed E-state index contributed by atoms with van der Waals surface area (Å²) in [6.07, 6.45) is 4.02. The first-order valence-electron chi connectivity index (χ1n) is 10.1. The molecule has 1 aromatic heterocycles. The number of carbonyl (C=O) groups excluding carboxylic acids is 2. The van der Waals surface area contributed by atoms with Crippen molar-refractivity contribution in [2.75, 3.05) is 23.8 Å². The minimum atomic E-state index is -3.08. The third kappa shape index (κ3) is 5.71. The van der Waals surface area contributed by atoms with Gasteiger partial charge in [0.1, 0.15) is 0 Å². The monoisotopic (exact) mass is 443 g/mol. The SMILES string of the molecule is CCn1c(CN2CCCCCC2=O)nnc1SCC(=O)N[C@]1(C)CCS(=O)(=O)C1. The molecule has 162 valence electrons. The Balaban J connectivity index is 1.58. The van der Waals surface area contributed by atoms with Gasteiger partial charge in [0.2, 0.25) is 11.8 Å². The number of likely N-dealkylation sites (tertiary alicyclic amines) is 1. The Hall–Kier alpha value is -1.62. The lowest BCUT2D eigenvalue weighted by Crippen LogP contribution is -2.47. The Labute approximate surface area is 175 Å². The standard InChI is InChI=1S/C18H29N5O4S2/c1-3-23-14(11-22-9-6-4-5-7-16(22)25)20-21-17(23)28-12-15(24)19-18(2)8-10-29(26,27)13-18/h3-13H2,1-2H3,(H,19,24)/t18-/m1/s1. The van der Waals surface area contributed by atoms with Crippen LogP contribution < -0.4 is 5.32 Å². The molecule has 0 aromatic carbocycles. The predicted molar refractivity (Wildman–Crippen MR) is 110 cm³/mol. The van der Waals surface area contributed by atoms with Gasteiger partial charge in [0.15, 0.2) is 20.8 Å². The molecule has 2 aliphatic rings. The average Bonchev–Trinajstić information content (AvgIpc) is 3.08. The average molecular weight is 444 g/mol. The Morgan fingerprint density at radius 1 is 1.28 bits per heavy atom. The number of hydrogen-bond acceptors (Lipinski definition) is 7. The first-order valence-corrected chi connectivity index (χ1v) is 12.9. The van der Waals surface area contributed by atoms with Gasteiger partial charge < -0.3 is 14.8 Å². The van der Waals surface area contributed by atoms with Gasteiger partial charge in [0, 0.05) is 19.5 Å². The van der Waals surface area contributed by atoms with Crippen LogP contribution in [0.15, 0.2) is 5.16 Å². The molecule has 9 nitrogen and oxygen atoms in total. The molecule has 0 bridgehead atoms. The Bertz CT molecular complexity index is 870. The van der Waals surface area contributed by atoms with Gasteiger partial charge in [0.05, 0.1) is 29.3 Å². The number of hydrogen-bond donors (Lipinski definition) is 1. The molecule has 2 saturated heterocycles. The zero-order valence-electron chi connectivity index (χ0n) is 17.0. The lowest BCUT2D eigenvalue weighted by molar-refractivity contribution is -0.131. The molecule has 0 radical (unpaired) electrons. The normalized spacial score (nSPS) is 24.5. The largest absolute Gasteiger partial charge is 0.349 e. The zero-order chi connectivity index (χ0) is 21.1. The number of rotatable bonds is 7. The van der Waals surface area contributed by atoms with E-state index in [1.54, 1.807) is 6.92 Å². The van der Waals surface area contributed by atoms with Crippen LogP contribution in [-0.2, 0) is 32.5 Å². The van der Waals surface area contributed by atoms with E-state index < -0.39 is 15.4 Å². The van der Waals surface area contributed by atoms with E-state index in [4.69, 9.17) is 0 Å². The van der Waals surface area contributed by atoms with Crippen molar-refractivity contribution >= 4 is 33.4 Å². The van der Waals surface area contributed by atoms with E-state index in [1.807, 2.05) is 16.4 Å². The summed E-state index contributed by atoms with van der Waals surface area (Å²) in [7, 11) is -3.08. The highest BCUT2D eigenvalue weighted by atomic mass is 32.2. The predicted octanol–water partition coefficient (Wildman–Crippen LogP) is 0.986. The van der Waals surface area contributed by atoms with Gasteiger partial charge in [-0.15, -0.1) is 10.2 Å².